The van der Waals surface area contributed by atoms with E-state index in [-0.39, 0.29) is 0 Å². The molecule has 28 heavy (non-hydrogen) atoms. The fraction of sp³-hybridized carbons (Fsp3) is 0.364. The van der Waals surface area contributed by atoms with Gasteiger partial charge in [0, 0.05) is 48.6 Å². The minimum atomic E-state index is 0.358. The molecule has 2 saturated heterocycles. The molecular weight excluding hydrogens is 350 g/mol. The topological polar surface area (TPSA) is 77.0 Å². The lowest BCUT2D eigenvalue weighted by molar-refractivity contribution is 0.200. The van der Waals surface area contributed by atoms with Gasteiger partial charge in [-0.05, 0) is 36.6 Å². The summed E-state index contributed by atoms with van der Waals surface area (Å²) < 4.78 is 5.63. The molecule has 0 amide bonds. The van der Waals surface area contributed by atoms with Crippen molar-refractivity contribution in [3.8, 4) is 22.9 Å². The second-order valence-electron chi connectivity index (χ2n) is 8.04. The number of aromatic nitrogens is 2. The molecule has 2 fully saturated rings. The van der Waals surface area contributed by atoms with Gasteiger partial charge in [0.2, 0.25) is 0 Å². The number of rotatable bonds is 3. The molecule has 0 atom stereocenters. The van der Waals surface area contributed by atoms with Crippen molar-refractivity contribution in [1.29, 1.82) is 5.26 Å². The summed E-state index contributed by atoms with van der Waals surface area (Å²) >= 11 is 0. The number of aromatic amines is 1. The lowest BCUT2D eigenvalue weighted by Crippen LogP contribution is -2.54. The standard InChI is InChI=1S/C22H23N5O/c1-14-3-4-19-18(10-25-26-19)21(14)16-7-15(28-2)8-20(17(16)9-23)27-6-5-22(13-27)11-24-12-22/h3-4,7-8,10,24H,5-6,11-13H2,1-2H3,(H,25,26). The van der Waals surface area contributed by atoms with E-state index in [0.717, 1.165) is 71.6 Å². The zero-order chi connectivity index (χ0) is 19.3. The zero-order valence-corrected chi connectivity index (χ0v) is 16.2. The molecule has 5 rings (SSSR count). The van der Waals surface area contributed by atoms with Crippen LogP contribution in [0.5, 0.6) is 5.75 Å². The normalized spacial score (nSPS) is 17.7. The van der Waals surface area contributed by atoms with Gasteiger partial charge in [-0.1, -0.05) is 6.07 Å². The van der Waals surface area contributed by atoms with Gasteiger partial charge in [-0.2, -0.15) is 10.4 Å². The Morgan fingerprint density at radius 2 is 2.14 bits per heavy atom. The highest BCUT2D eigenvalue weighted by atomic mass is 16.5. The van der Waals surface area contributed by atoms with Crippen molar-refractivity contribution < 1.29 is 4.74 Å². The molecule has 3 heterocycles. The second kappa shape index (κ2) is 6.25. The number of nitriles is 1. The van der Waals surface area contributed by atoms with Crippen LogP contribution in [0.2, 0.25) is 0 Å². The van der Waals surface area contributed by atoms with Crippen LogP contribution in [-0.2, 0) is 0 Å². The first-order chi connectivity index (χ1) is 13.6. The highest BCUT2D eigenvalue weighted by Crippen LogP contribution is 2.43. The van der Waals surface area contributed by atoms with Crippen LogP contribution in [0, 0.1) is 23.7 Å². The van der Waals surface area contributed by atoms with Gasteiger partial charge in [-0.15, -0.1) is 0 Å². The summed E-state index contributed by atoms with van der Waals surface area (Å²) in [4.78, 5) is 2.36. The van der Waals surface area contributed by atoms with Gasteiger partial charge in [0.1, 0.15) is 11.8 Å². The lowest BCUT2D eigenvalue weighted by atomic mass is 9.81. The van der Waals surface area contributed by atoms with E-state index in [1.165, 1.54) is 0 Å². The molecule has 0 unspecified atom stereocenters. The van der Waals surface area contributed by atoms with Crippen LogP contribution in [-0.4, -0.2) is 43.5 Å². The number of anilines is 1. The van der Waals surface area contributed by atoms with Gasteiger partial charge >= 0.3 is 0 Å². The number of fused-ring (bicyclic) bond motifs is 1. The third-order valence-electron chi connectivity index (χ3n) is 6.32. The summed E-state index contributed by atoms with van der Waals surface area (Å²) in [6, 6.07) is 10.6. The fourth-order valence-corrected chi connectivity index (χ4v) is 4.67. The molecule has 2 aliphatic heterocycles. The zero-order valence-electron chi connectivity index (χ0n) is 16.2. The quantitative estimate of drug-likeness (QED) is 0.737. The number of benzene rings is 2. The Bertz CT molecular complexity index is 1110. The number of hydrogen-bond acceptors (Lipinski definition) is 5. The molecule has 2 aliphatic rings. The average molecular weight is 373 g/mol. The Morgan fingerprint density at radius 1 is 1.29 bits per heavy atom. The molecular formula is C22H23N5O. The van der Waals surface area contributed by atoms with E-state index in [2.05, 4.69) is 39.5 Å². The number of hydrogen-bond donors (Lipinski definition) is 2. The SMILES string of the molecule is COc1cc(-c2c(C)ccc3[nH]ncc23)c(C#N)c(N2CCC3(CNC3)C2)c1. The first-order valence-electron chi connectivity index (χ1n) is 9.65. The highest BCUT2D eigenvalue weighted by molar-refractivity contribution is 5.99. The molecule has 6 heteroatoms. The van der Waals surface area contributed by atoms with Crippen LogP contribution in [0.15, 0.2) is 30.5 Å². The molecule has 0 saturated carbocycles. The molecule has 2 N–H and O–H groups in total. The predicted molar refractivity (Wildman–Crippen MR) is 110 cm³/mol. The largest absolute Gasteiger partial charge is 0.497 e. The maximum absolute atomic E-state index is 10.1. The second-order valence-corrected chi connectivity index (χ2v) is 8.04. The van der Waals surface area contributed by atoms with Crippen LogP contribution >= 0.6 is 0 Å². The van der Waals surface area contributed by atoms with Crippen LogP contribution in [0.1, 0.15) is 17.5 Å². The third kappa shape index (κ3) is 2.47. The van der Waals surface area contributed by atoms with E-state index in [9.17, 15) is 5.26 Å². The maximum Gasteiger partial charge on any atom is 0.121 e. The van der Waals surface area contributed by atoms with Crippen molar-refractivity contribution in [3.05, 3.63) is 41.6 Å². The van der Waals surface area contributed by atoms with Gasteiger partial charge in [-0.3, -0.25) is 5.10 Å². The molecule has 6 nitrogen and oxygen atoms in total. The molecule has 0 bridgehead atoms. The molecule has 142 valence electrons. The first-order valence-corrected chi connectivity index (χ1v) is 9.65. The molecule has 0 radical (unpaired) electrons. The number of nitrogens with zero attached hydrogens (tertiary/aromatic N) is 3. The smallest absolute Gasteiger partial charge is 0.121 e. The van der Waals surface area contributed by atoms with Gasteiger partial charge in [0.15, 0.2) is 0 Å². The van der Waals surface area contributed by atoms with Crippen molar-refractivity contribution in [2.24, 2.45) is 5.41 Å². The van der Waals surface area contributed by atoms with E-state index in [4.69, 9.17) is 4.74 Å². The van der Waals surface area contributed by atoms with Crippen molar-refractivity contribution in [1.82, 2.24) is 15.5 Å². The maximum atomic E-state index is 10.1. The fourth-order valence-electron chi connectivity index (χ4n) is 4.67. The lowest BCUT2D eigenvalue weighted by Gasteiger charge is -2.39. The Hall–Kier alpha value is -3.04. The Kier molecular flexibility index (Phi) is 3.81. The van der Waals surface area contributed by atoms with E-state index >= 15 is 0 Å². The summed E-state index contributed by atoms with van der Waals surface area (Å²) in [5.41, 5.74) is 6.08. The summed E-state index contributed by atoms with van der Waals surface area (Å²) in [5, 5.41) is 21.8. The van der Waals surface area contributed by atoms with Gasteiger partial charge in [-0.25, -0.2) is 0 Å². The van der Waals surface area contributed by atoms with E-state index in [0.29, 0.717) is 11.0 Å². The predicted octanol–water partition coefficient (Wildman–Crippen LogP) is 3.22. The molecule has 2 aromatic carbocycles. The summed E-state index contributed by atoms with van der Waals surface area (Å²) in [5.74, 6) is 0.775. The summed E-state index contributed by atoms with van der Waals surface area (Å²) in [6.45, 7) is 6.16. The number of aryl methyl sites for hydroxylation is 1. The minimum Gasteiger partial charge on any atom is -0.497 e. The minimum absolute atomic E-state index is 0.358. The molecule has 3 aromatic rings. The van der Waals surface area contributed by atoms with Gasteiger partial charge in [0.25, 0.3) is 0 Å². The van der Waals surface area contributed by atoms with Gasteiger partial charge in [0.05, 0.1) is 30.1 Å². The Balaban J connectivity index is 1.71. The first kappa shape index (κ1) is 17.1. The molecule has 1 spiro atoms. The highest BCUT2D eigenvalue weighted by Gasteiger charge is 2.43. The number of nitrogens with one attached hydrogen (secondary N) is 2. The van der Waals surface area contributed by atoms with Crippen molar-refractivity contribution in [2.45, 2.75) is 13.3 Å². The van der Waals surface area contributed by atoms with Crippen LogP contribution in [0.25, 0.3) is 22.0 Å². The van der Waals surface area contributed by atoms with Crippen LogP contribution < -0.4 is 15.0 Å². The number of methoxy groups -OCH3 is 1. The van der Waals surface area contributed by atoms with Gasteiger partial charge < -0.3 is 15.0 Å². The molecule has 0 aliphatic carbocycles. The monoisotopic (exact) mass is 373 g/mol. The van der Waals surface area contributed by atoms with E-state index < -0.39 is 0 Å². The van der Waals surface area contributed by atoms with Crippen molar-refractivity contribution in [2.75, 3.05) is 38.2 Å². The van der Waals surface area contributed by atoms with Crippen molar-refractivity contribution in [3.63, 3.8) is 0 Å². The average Bonchev–Trinajstić information content (AvgIpc) is 3.34. The third-order valence-corrected chi connectivity index (χ3v) is 6.32. The van der Waals surface area contributed by atoms with Crippen molar-refractivity contribution >= 4 is 16.6 Å². The van der Waals surface area contributed by atoms with Crippen LogP contribution in [0.4, 0.5) is 5.69 Å². The number of H-pyrrole nitrogens is 1. The summed E-state index contributed by atoms with van der Waals surface area (Å²) in [7, 11) is 1.68. The van der Waals surface area contributed by atoms with E-state index in [1.807, 2.05) is 24.4 Å². The number of ether oxygens (including phenoxy) is 1. The molecule has 1 aromatic heterocycles. The van der Waals surface area contributed by atoms with Crippen LogP contribution in [0.3, 0.4) is 0 Å². The Morgan fingerprint density at radius 3 is 2.82 bits per heavy atom. The summed E-state index contributed by atoms with van der Waals surface area (Å²) in [6.07, 6.45) is 3.00. The van der Waals surface area contributed by atoms with E-state index in [1.54, 1.807) is 7.11 Å². The Labute approximate surface area is 164 Å².